The lowest BCUT2D eigenvalue weighted by Crippen LogP contribution is -2.21. The zero-order chi connectivity index (χ0) is 18.4. The molecule has 130 valence electrons. The van der Waals surface area contributed by atoms with Gasteiger partial charge in [-0.25, -0.2) is 21.8 Å². The minimum atomic E-state index is -1.98. The summed E-state index contributed by atoms with van der Waals surface area (Å²) in [7, 11) is -1.98. The third kappa shape index (κ3) is 5.68. The second-order valence-corrected chi connectivity index (χ2v) is 5.80. The van der Waals surface area contributed by atoms with Crippen LogP contribution in [0.3, 0.4) is 0 Å². The summed E-state index contributed by atoms with van der Waals surface area (Å²) in [5.41, 5.74) is -0.0285. The minimum absolute atomic E-state index is 0.00655. The molecule has 0 aliphatic heterocycles. The quantitative estimate of drug-likeness (QED) is 0.645. The Morgan fingerprint density at radius 3 is 1.92 bits per heavy atom. The summed E-state index contributed by atoms with van der Waals surface area (Å²) < 4.78 is 66.0. The molecule has 2 aromatic rings. The summed E-state index contributed by atoms with van der Waals surface area (Å²) in [6.07, 6.45) is 3.12. The Hall–Kier alpha value is -2.74. The van der Waals surface area contributed by atoms with E-state index in [9.17, 15) is 26.6 Å². The van der Waals surface area contributed by atoms with Gasteiger partial charge in [0.1, 0.15) is 34.3 Å². The Kier molecular flexibility index (Phi) is 6.24. The number of carbonyl (C=O) groups is 1. The second-order valence-electron chi connectivity index (χ2n) is 4.73. The Morgan fingerprint density at radius 1 is 0.880 bits per heavy atom. The Labute approximate surface area is 143 Å². The van der Waals surface area contributed by atoms with Crippen molar-refractivity contribution in [3.8, 4) is 0 Å². The maximum absolute atomic E-state index is 13.4. The molecule has 3 nitrogen and oxygen atoms in total. The van der Waals surface area contributed by atoms with E-state index >= 15 is 0 Å². The fourth-order valence-electron chi connectivity index (χ4n) is 1.74. The summed E-state index contributed by atoms with van der Waals surface area (Å²) >= 11 is 0. The van der Waals surface area contributed by atoms with Gasteiger partial charge in [0, 0.05) is 34.7 Å². The minimum Gasteiger partial charge on any atom is -0.269 e. The van der Waals surface area contributed by atoms with E-state index < -0.39 is 40.2 Å². The number of nitrogens with one attached hydrogen (secondary N) is 1. The van der Waals surface area contributed by atoms with E-state index in [1.807, 2.05) is 4.72 Å². The van der Waals surface area contributed by atoms with Crippen molar-refractivity contribution in [2.24, 2.45) is 0 Å². The van der Waals surface area contributed by atoms with Crippen LogP contribution in [0, 0.1) is 23.3 Å². The van der Waals surface area contributed by atoms with Crippen LogP contribution in [0.15, 0.2) is 47.9 Å². The van der Waals surface area contributed by atoms with Crippen LogP contribution in [0.25, 0.3) is 12.2 Å². The van der Waals surface area contributed by atoms with Crippen molar-refractivity contribution in [3.05, 3.63) is 82.3 Å². The topological polar surface area (TPSA) is 46.2 Å². The molecule has 25 heavy (non-hydrogen) atoms. The lowest BCUT2D eigenvalue weighted by atomic mass is 10.2. The zero-order valence-corrected chi connectivity index (χ0v) is 13.3. The van der Waals surface area contributed by atoms with Gasteiger partial charge in [0.2, 0.25) is 0 Å². The van der Waals surface area contributed by atoms with Gasteiger partial charge < -0.3 is 0 Å². The van der Waals surface area contributed by atoms with Gasteiger partial charge in [-0.2, -0.15) is 0 Å². The van der Waals surface area contributed by atoms with Crippen LogP contribution in [0.5, 0.6) is 0 Å². The molecule has 1 amide bonds. The van der Waals surface area contributed by atoms with Gasteiger partial charge in [-0.1, -0.05) is 0 Å². The van der Waals surface area contributed by atoms with Crippen molar-refractivity contribution in [1.29, 1.82) is 0 Å². The molecular formula is C17H11F4NO2S. The van der Waals surface area contributed by atoms with Crippen molar-refractivity contribution in [3.63, 3.8) is 0 Å². The predicted octanol–water partition coefficient (Wildman–Crippen LogP) is 3.71. The largest absolute Gasteiger partial charge is 0.269 e. The lowest BCUT2D eigenvalue weighted by Gasteiger charge is -1.99. The van der Waals surface area contributed by atoms with E-state index in [4.69, 9.17) is 0 Å². The third-order valence-electron chi connectivity index (χ3n) is 2.91. The molecule has 0 saturated carbocycles. The van der Waals surface area contributed by atoms with E-state index in [-0.39, 0.29) is 11.1 Å². The monoisotopic (exact) mass is 369 g/mol. The third-order valence-corrected chi connectivity index (χ3v) is 3.70. The van der Waals surface area contributed by atoms with Crippen LogP contribution in [-0.2, 0) is 15.8 Å². The summed E-state index contributed by atoms with van der Waals surface area (Å²) in [6.45, 7) is 0. The molecule has 1 unspecified atom stereocenters. The van der Waals surface area contributed by atoms with Crippen molar-refractivity contribution >= 4 is 29.0 Å². The molecule has 0 heterocycles. The fourth-order valence-corrected chi connectivity index (χ4v) is 2.35. The first-order valence-electron chi connectivity index (χ1n) is 6.83. The number of carbonyl (C=O) groups excluding carboxylic acids is 1. The highest BCUT2D eigenvalue weighted by molar-refractivity contribution is 7.86. The summed E-state index contributed by atoms with van der Waals surface area (Å²) in [5, 5.41) is 1.00. The molecule has 2 aromatic carbocycles. The van der Waals surface area contributed by atoms with Crippen molar-refractivity contribution in [2.75, 3.05) is 0 Å². The SMILES string of the molecule is O=C(C=Cc1ccc(F)cc1F)NS(=O)C=Cc1ccc(F)cc1F. The summed E-state index contributed by atoms with van der Waals surface area (Å²) in [4.78, 5) is 11.6. The van der Waals surface area contributed by atoms with Crippen LogP contribution in [0.1, 0.15) is 11.1 Å². The van der Waals surface area contributed by atoms with Gasteiger partial charge in [0.25, 0.3) is 5.91 Å². The van der Waals surface area contributed by atoms with Crippen molar-refractivity contribution < 1.29 is 26.6 Å². The first-order valence-corrected chi connectivity index (χ1v) is 8.04. The molecule has 0 spiro atoms. The molecular weight excluding hydrogens is 358 g/mol. The van der Waals surface area contributed by atoms with E-state index in [0.29, 0.717) is 12.1 Å². The van der Waals surface area contributed by atoms with Crippen molar-refractivity contribution in [2.45, 2.75) is 0 Å². The van der Waals surface area contributed by atoms with E-state index in [0.717, 1.165) is 47.9 Å². The molecule has 0 aliphatic rings. The molecule has 0 aliphatic carbocycles. The normalized spacial score (nSPS) is 12.6. The number of hydrogen-bond acceptors (Lipinski definition) is 2. The number of benzene rings is 2. The molecule has 0 bridgehead atoms. The number of hydrogen-bond donors (Lipinski definition) is 1. The van der Waals surface area contributed by atoms with Crippen LogP contribution < -0.4 is 4.72 Å². The Morgan fingerprint density at radius 2 is 1.40 bits per heavy atom. The Bertz CT molecular complexity index is 809. The molecule has 0 fully saturated rings. The van der Waals surface area contributed by atoms with Gasteiger partial charge in [-0.15, -0.1) is 0 Å². The number of rotatable bonds is 5. The molecule has 0 radical (unpaired) electrons. The highest BCUT2D eigenvalue weighted by atomic mass is 32.2. The lowest BCUT2D eigenvalue weighted by molar-refractivity contribution is -0.114. The second kappa shape index (κ2) is 8.39. The van der Waals surface area contributed by atoms with Gasteiger partial charge >= 0.3 is 0 Å². The molecule has 1 atom stereocenters. The number of halogens is 4. The maximum Gasteiger partial charge on any atom is 0.255 e. The molecule has 1 N–H and O–H groups in total. The fraction of sp³-hybridized carbons (Fsp3) is 0. The van der Waals surface area contributed by atoms with Gasteiger partial charge in [-0.3, -0.25) is 9.52 Å². The van der Waals surface area contributed by atoms with Gasteiger partial charge in [-0.05, 0) is 36.4 Å². The van der Waals surface area contributed by atoms with E-state index in [2.05, 4.69) is 0 Å². The zero-order valence-electron chi connectivity index (χ0n) is 12.5. The standard InChI is InChI=1S/C17H11F4NO2S/c18-13-4-1-11(15(20)9-13)3-6-17(23)22-25(24)8-7-12-2-5-14(19)10-16(12)21/h1-10H,(H,22,23). The average Bonchev–Trinajstić information content (AvgIpc) is 2.53. The summed E-state index contributed by atoms with van der Waals surface area (Å²) in [5.74, 6) is -3.99. The van der Waals surface area contributed by atoms with Crippen molar-refractivity contribution in [1.82, 2.24) is 4.72 Å². The highest BCUT2D eigenvalue weighted by Crippen LogP contribution is 2.12. The highest BCUT2D eigenvalue weighted by Gasteiger charge is 2.04. The van der Waals surface area contributed by atoms with Crippen LogP contribution in [0.2, 0.25) is 0 Å². The van der Waals surface area contributed by atoms with E-state index in [1.54, 1.807) is 0 Å². The van der Waals surface area contributed by atoms with Gasteiger partial charge in [0.05, 0.1) is 0 Å². The first kappa shape index (κ1) is 18.6. The smallest absolute Gasteiger partial charge is 0.255 e. The van der Waals surface area contributed by atoms with Crippen LogP contribution in [0.4, 0.5) is 17.6 Å². The molecule has 8 heteroatoms. The number of amides is 1. The van der Waals surface area contributed by atoms with Crippen LogP contribution >= 0.6 is 0 Å². The van der Waals surface area contributed by atoms with Gasteiger partial charge in [0.15, 0.2) is 0 Å². The molecule has 0 saturated heterocycles. The maximum atomic E-state index is 13.4. The molecule has 0 aromatic heterocycles. The predicted molar refractivity (Wildman–Crippen MR) is 87.1 cm³/mol. The summed E-state index contributed by atoms with van der Waals surface area (Å²) in [6, 6.07) is 5.68. The Balaban J connectivity index is 1.96. The molecule has 2 rings (SSSR count). The average molecular weight is 369 g/mol. The van der Waals surface area contributed by atoms with Crippen LogP contribution in [-0.4, -0.2) is 10.1 Å². The first-order chi connectivity index (χ1) is 11.8. The van der Waals surface area contributed by atoms with E-state index in [1.165, 1.54) is 0 Å².